The van der Waals surface area contributed by atoms with E-state index in [1.54, 1.807) is 0 Å². The summed E-state index contributed by atoms with van der Waals surface area (Å²) in [6, 6.07) is 6.69. The zero-order chi connectivity index (χ0) is 23.8. The van der Waals surface area contributed by atoms with Gasteiger partial charge in [0.05, 0.1) is 12.6 Å². The first kappa shape index (κ1) is 23.3. The zero-order valence-corrected chi connectivity index (χ0v) is 16.7. The van der Waals surface area contributed by atoms with Crippen LogP contribution in [0.2, 0.25) is 0 Å². The number of nitrogens with two attached hydrogens (primary N) is 2. The number of hydrogen-bond acceptors (Lipinski definition) is 5. The summed E-state index contributed by atoms with van der Waals surface area (Å²) in [7, 11) is -4.65. The van der Waals surface area contributed by atoms with Crippen molar-refractivity contribution in [3.8, 4) is 16.8 Å². The highest BCUT2D eigenvalue weighted by atomic mass is 32.2. The summed E-state index contributed by atoms with van der Waals surface area (Å²) in [6.07, 6.45) is -7.72. The number of rotatable bonds is 6. The maximum atomic E-state index is 12.9. The van der Waals surface area contributed by atoms with E-state index in [9.17, 15) is 35.2 Å². The first-order valence-corrected chi connectivity index (χ1v) is 10.2. The normalized spacial score (nSPS) is 12.3. The van der Waals surface area contributed by atoms with Crippen LogP contribution in [0.3, 0.4) is 0 Å². The number of hydrogen-bond donors (Lipinski definition) is 2. The topological polar surface area (TPSA) is 134 Å². The molecule has 14 heteroatoms. The summed E-state index contributed by atoms with van der Waals surface area (Å²) in [5.74, 6) is -0.847. The van der Waals surface area contributed by atoms with Gasteiger partial charge in [-0.2, -0.15) is 18.3 Å². The quantitative estimate of drug-likeness (QED) is 0.529. The van der Waals surface area contributed by atoms with Crippen LogP contribution < -0.4 is 10.9 Å². The molecule has 0 aliphatic rings. The van der Waals surface area contributed by atoms with Crippen LogP contribution in [-0.2, 0) is 27.4 Å². The van der Waals surface area contributed by atoms with Crippen molar-refractivity contribution in [1.29, 1.82) is 0 Å². The molecular weight excluding hydrogens is 461 g/mol. The minimum Gasteiger partial charge on any atom is -0.369 e. The van der Waals surface area contributed by atoms with Crippen LogP contribution in [0, 0.1) is 0 Å². The van der Waals surface area contributed by atoms with Crippen molar-refractivity contribution >= 4 is 15.9 Å². The Balaban J connectivity index is 2.35. The second-order valence-electron chi connectivity index (χ2n) is 6.58. The average molecular weight is 475 g/mol. The molecule has 32 heavy (non-hydrogen) atoms. The third-order valence-electron chi connectivity index (χ3n) is 4.32. The van der Waals surface area contributed by atoms with E-state index in [0.29, 0.717) is 11.0 Å². The fourth-order valence-corrected chi connectivity index (χ4v) is 3.99. The van der Waals surface area contributed by atoms with Gasteiger partial charge in [0.1, 0.15) is 10.6 Å². The summed E-state index contributed by atoms with van der Waals surface area (Å²) in [5.41, 5.74) is 2.94. The SMILES string of the molecule is NC(=O)Cc1ccc(-n2ncc(C(F)(F)F)n2)c(S(N)(=O)=O)c1-c1ccc(C(F)F)cc1. The van der Waals surface area contributed by atoms with Gasteiger partial charge in [-0.05, 0) is 17.2 Å². The lowest BCUT2D eigenvalue weighted by atomic mass is 9.95. The van der Waals surface area contributed by atoms with Crippen molar-refractivity contribution < 1.29 is 35.2 Å². The number of carbonyl (C=O) groups excluding carboxylic acids is 1. The molecule has 0 atom stereocenters. The van der Waals surface area contributed by atoms with Crippen LogP contribution in [0.5, 0.6) is 0 Å². The first-order chi connectivity index (χ1) is 14.8. The lowest BCUT2D eigenvalue weighted by Crippen LogP contribution is -2.21. The number of alkyl halides is 5. The summed E-state index contributed by atoms with van der Waals surface area (Å²) in [6.45, 7) is 0. The third kappa shape index (κ3) is 4.75. The lowest BCUT2D eigenvalue weighted by molar-refractivity contribution is -0.141. The molecule has 0 saturated heterocycles. The molecule has 1 aromatic heterocycles. The number of amides is 1. The maximum Gasteiger partial charge on any atom is 0.436 e. The molecule has 0 fully saturated rings. The molecule has 1 amide bonds. The fourth-order valence-electron chi connectivity index (χ4n) is 3.01. The van der Waals surface area contributed by atoms with Gasteiger partial charge in [0.15, 0.2) is 5.69 Å². The number of carbonyl (C=O) groups is 1. The van der Waals surface area contributed by atoms with Gasteiger partial charge in [0.25, 0.3) is 6.43 Å². The van der Waals surface area contributed by atoms with Crippen molar-refractivity contribution in [2.75, 3.05) is 0 Å². The standard InChI is InChI=1S/C18H14F5N5O3S/c19-17(20)10-3-1-9(2-4-10)15-11(7-14(24)29)5-6-12(16(15)32(25,30)31)28-26-8-13(27-28)18(21,22)23/h1-6,8,17H,7H2,(H2,24,29)(H2,25,30,31). The Bertz CT molecular complexity index is 1270. The highest BCUT2D eigenvalue weighted by Crippen LogP contribution is 2.36. The number of primary amides is 1. The third-order valence-corrected chi connectivity index (χ3v) is 5.30. The molecule has 0 unspecified atom stereocenters. The van der Waals surface area contributed by atoms with Gasteiger partial charge in [-0.25, -0.2) is 22.3 Å². The molecule has 0 saturated carbocycles. The number of benzene rings is 2. The minimum absolute atomic E-state index is 0.0540. The van der Waals surface area contributed by atoms with Gasteiger partial charge in [0, 0.05) is 11.1 Å². The zero-order valence-electron chi connectivity index (χ0n) is 15.8. The Labute approximate surface area is 177 Å². The molecule has 0 bridgehead atoms. The average Bonchev–Trinajstić information content (AvgIpc) is 3.17. The number of sulfonamides is 1. The highest BCUT2D eigenvalue weighted by molar-refractivity contribution is 7.89. The maximum absolute atomic E-state index is 12.9. The van der Waals surface area contributed by atoms with E-state index in [4.69, 9.17) is 10.9 Å². The second kappa shape index (κ2) is 8.27. The molecule has 3 aromatic rings. The Hall–Kier alpha value is -3.39. The van der Waals surface area contributed by atoms with Crippen LogP contribution >= 0.6 is 0 Å². The fraction of sp³-hybridized carbons (Fsp3) is 0.167. The van der Waals surface area contributed by atoms with Gasteiger partial charge in [-0.15, -0.1) is 9.90 Å². The van der Waals surface area contributed by atoms with E-state index in [2.05, 4.69) is 10.2 Å². The molecule has 2 aromatic carbocycles. The molecular formula is C18H14F5N5O3S. The predicted molar refractivity (Wildman–Crippen MR) is 101 cm³/mol. The van der Waals surface area contributed by atoms with Gasteiger partial charge < -0.3 is 5.73 Å². The van der Waals surface area contributed by atoms with Crippen LogP contribution in [-0.4, -0.2) is 29.3 Å². The number of primary sulfonamides is 1. The van der Waals surface area contributed by atoms with E-state index in [1.165, 1.54) is 6.07 Å². The molecule has 0 spiro atoms. The van der Waals surface area contributed by atoms with Crippen molar-refractivity contribution in [2.24, 2.45) is 10.9 Å². The van der Waals surface area contributed by atoms with Gasteiger partial charge in [-0.1, -0.05) is 30.3 Å². The van der Waals surface area contributed by atoms with E-state index < -0.39 is 51.2 Å². The Kier molecular flexibility index (Phi) is 6.02. The smallest absolute Gasteiger partial charge is 0.369 e. The molecule has 3 rings (SSSR count). The van der Waals surface area contributed by atoms with Crippen molar-refractivity contribution in [1.82, 2.24) is 15.0 Å². The summed E-state index contributed by atoms with van der Waals surface area (Å²) < 4.78 is 89.6. The molecule has 0 radical (unpaired) electrons. The summed E-state index contributed by atoms with van der Waals surface area (Å²) >= 11 is 0. The van der Waals surface area contributed by atoms with Crippen molar-refractivity contribution in [3.05, 3.63) is 59.4 Å². The molecule has 170 valence electrons. The van der Waals surface area contributed by atoms with Crippen LogP contribution in [0.1, 0.15) is 23.2 Å². The van der Waals surface area contributed by atoms with E-state index in [-0.39, 0.29) is 22.3 Å². The van der Waals surface area contributed by atoms with Gasteiger partial charge in [-0.3, -0.25) is 4.79 Å². The Morgan fingerprint density at radius 2 is 1.72 bits per heavy atom. The van der Waals surface area contributed by atoms with Crippen LogP contribution in [0.25, 0.3) is 16.8 Å². The van der Waals surface area contributed by atoms with Crippen LogP contribution in [0.4, 0.5) is 22.0 Å². The van der Waals surface area contributed by atoms with Crippen molar-refractivity contribution in [3.63, 3.8) is 0 Å². The second-order valence-corrected chi connectivity index (χ2v) is 8.07. The molecule has 4 N–H and O–H groups in total. The molecule has 0 aliphatic carbocycles. The van der Waals surface area contributed by atoms with Crippen molar-refractivity contribution in [2.45, 2.75) is 23.9 Å². The predicted octanol–water partition coefficient (Wildman–Crippen LogP) is 2.57. The van der Waals surface area contributed by atoms with E-state index in [1.807, 2.05) is 0 Å². The van der Waals surface area contributed by atoms with Gasteiger partial charge in [0.2, 0.25) is 15.9 Å². The Morgan fingerprint density at radius 1 is 1.09 bits per heavy atom. The van der Waals surface area contributed by atoms with Gasteiger partial charge >= 0.3 is 6.18 Å². The first-order valence-electron chi connectivity index (χ1n) is 8.64. The van der Waals surface area contributed by atoms with E-state index >= 15 is 0 Å². The van der Waals surface area contributed by atoms with Crippen LogP contribution in [0.15, 0.2) is 47.5 Å². The van der Waals surface area contributed by atoms with E-state index in [0.717, 1.165) is 30.3 Å². The summed E-state index contributed by atoms with van der Waals surface area (Å²) in [5, 5.41) is 12.1. The number of aromatic nitrogens is 3. The molecule has 8 nitrogen and oxygen atoms in total. The number of halogens is 5. The largest absolute Gasteiger partial charge is 0.436 e. The lowest BCUT2D eigenvalue weighted by Gasteiger charge is -2.17. The molecule has 1 heterocycles. The number of nitrogens with zero attached hydrogens (tertiary/aromatic N) is 3. The minimum atomic E-state index is -4.85. The summed E-state index contributed by atoms with van der Waals surface area (Å²) in [4.78, 5) is 11.2. The highest BCUT2D eigenvalue weighted by Gasteiger charge is 2.35. The molecule has 0 aliphatic heterocycles. The Morgan fingerprint density at radius 3 is 2.19 bits per heavy atom. The monoisotopic (exact) mass is 475 g/mol.